The summed E-state index contributed by atoms with van der Waals surface area (Å²) in [7, 11) is 1.36. The molecule has 1 saturated heterocycles. The quantitative estimate of drug-likeness (QED) is 0.645. The van der Waals surface area contributed by atoms with Gasteiger partial charge in [0.15, 0.2) is 6.29 Å². The van der Waals surface area contributed by atoms with Crippen molar-refractivity contribution in [3.05, 3.63) is 34.8 Å². The van der Waals surface area contributed by atoms with Crippen LogP contribution in [-0.2, 0) is 9.31 Å². The molecule has 1 aliphatic rings. The number of likely N-dealkylation sites (N-methyl/N-ethyl adjacent to an activating group) is 1. The van der Waals surface area contributed by atoms with Gasteiger partial charge in [-0.2, -0.15) is 0 Å². The lowest BCUT2D eigenvalue weighted by atomic mass is 9.76. The van der Waals surface area contributed by atoms with Crippen molar-refractivity contribution in [2.24, 2.45) is 0 Å². The van der Waals surface area contributed by atoms with Gasteiger partial charge in [0.05, 0.1) is 11.2 Å². The zero-order chi connectivity index (χ0) is 17.3. The van der Waals surface area contributed by atoms with Crippen molar-refractivity contribution in [3.63, 3.8) is 0 Å². The Bertz CT molecular complexity index is 609. The zero-order valence-corrected chi connectivity index (χ0v) is 14.3. The number of phenolic OH excluding ortho intramolecular Hbond substituents is 1. The summed E-state index contributed by atoms with van der Waals surface area (Å²) in [6.45, 7) is 8.57. The molecule has 23 heavy (non-hydrogen) atoms. The molecule has 2 rings (SSSR count). The van der Waals surface area contributed by atoms with Crippen LogP contribution in [0.1, 0.15) is 43.6 Å². The van der Waals surface area contributed by atoms with Gasteiger partial charge in [-0.25, -0.2) is 0 Å². The average molecular weight is 317 g/mol. The molecule has 0 unspecified atom stereocenters. The lowest BCUT2D eigenvalue weighted by molar-refractivity contribution is 0.00578. The van der Waals surface area contributed by atoms with Gasteiger partial charge in [-0.15, -0.1) is 0 Å². The highest BCUT2D eigenvalue weighted by atomic mass is 16.7. The molecule has 0 atom stereocenters. The molecule has 1 aromatic rings. The SMILES string of the molecule is CNCC(=Cc1ccc(O)cc1C=O)B1OC(C)(C)C(C)(C)O1. The Kier molecular flexibility index (Phi) is 4.99. The van der Waals surface area contributed by atoms with E-state index in [9.17, 15) is 9.90 Å². The second-order valence-corrected chi connectivity index (χ2v) is 6.77. The zero-order valence-electron chi connectivity index (χ0n) is 14.3. The van der Waals surface area contributed by atoms with Crippen molar-refractivity contribution < 1.29 is 19.2 Å². The topological polar surface area (TPSA) is 67.8 Å². The third-order valence-corrected chi connectivity index (χ3v) is 4.48. The summed E-state index contributed by atoms with van der Waals surface area (Å²) in [5, 5.41) is 12.6. The number of hydrogen-bond acceptors (Lipinski definition) is 5. The number of nitrogens with one attached hydrogen (secondary N) is 1. The van der Waals surface area contributed by atoms with E-state index in [-0.39, 0.29) is 5.75 Å². The van der Waals surface area contributed by atoms with Crippen molar-refractivity contribution in [1.29, 1.82) is 0 Å². The summed E-state index contributed by atoms with van der Waals surface area (Å²) in [6, 6.07) is 4.71. The first-order valence-corrected chi connectivity index (χ1v) is 7.69. The van der Waals surface area contributed by atoms with E-state index in [4.69, 9.17) is 9.31 Å². The minimum atomic E-state index is -0.485. The number of carbonyl (C=O) groups excluding carboxylic acids is 1. The highest BCUT2D eigenvalue weighted by Crippen LogP contribution is 2.38. The first-order chi connectivity index (χ1) is 10.7. The second-order valence-electron chi connectivity index (χ2n) is 6.77. The van der Waals surface area contributed by atoms with Crippen LogP contribution in [0.5, 0.6) is 5.75 Å². The Hall–Kier alpha value is -1.63. The summed E-state index contributed by atoms with van der Waals surface area (Å²) < 4.78 is 12.2. The van der Waals surface area contributed by atoms with E-state index in [2.05, 4.69) is 5.32 Å². The third-order valence-electron chi connectivity index (χ3n) is 4.48. The molecular weight excluding hydrogens is 293 g/mol. The van der Waals surface area contributed by atoms with Gasteiger partial charge in [0.1, 0.15) is 5.75 Å². The van der Waals surface area contributed by atoms with Crippen molar-refractivity contribution in [3.8, 4) is 5.75 Å². The molecular formula is C17H24BNO4. The Morgan fingerprint density at radius 2 is 1.83 bits per heavy atom. The van der Waals surface area contributed by atoms with Crippen molar-refractivity contribution in [2.75, 3.05) is 13.6 Å². The van der Waals surface area contributed by atoms with Gasteiger partial charge in [-0.05, 0) is 57.9 Å². The summed E-state index contributed by atoms with van der Waals surface area (Å²) in [5.74, 6) is 0.0649. The third kappa shape index (κ3) is 3.66. The summed E-state index contributed by atoms with van der Waals surface area (Å²) in [4.78, 5) is 11.2. The van der Waals surface area contributed by atoms with E-state index in [0.717, 1.165) is 17.3 Å². The van der Waals surface area contributed by atoms with Crippen LogP contribution in [0.4, 0.5) is 0 Å². The molecule has 0 radical (unpaired) electrons. The molecule has 0 saturated carbocycles. The van der Waals surface area contributed by atoms with Crippen LogP contribution in [0.15, 0.2) is 23.7 Å². The number of hydrogen-bond donors (Lipinski definition) is 2. The molecule has 5 nitrogen and oxygen atoms in total. The van der Waals surface area contributed by atoms with Crippen LogP contribution in [0.2, 0.25) is 0 Å². The van der Waals surface area contributed by atoms with Gasteiger partial charge >= 0.3 is 7.12 Å². The molecule has 1 heterocycles. The van der Waals surface area contributed by atoms with Crippen molar-refractivity contribution >= 4 is 19.5 Å². The van der Waals surface area contributed by atoms with E-state index in [0.29, 0.717) is 12.1 Å². The van der Waals surface area contributed by atoms with Gasteiger partial charge < -0.3 is 19.7 Å². The molecule has 0 aliphatic carbocycles. The predicted molar refractivity (Wildman–Crippen MR) is 91.5 cm³/mol. The molecule has 124 valence electrons. The Balaban J connectivity index is 2.38. The van der Waals surface area contributed by atoms with E-state index >= 15 is 0 Å². The number of rotatable bonds is 5. The van der Waals surface area contributed by atoms with Gasteiger partial charge in [-0.3, -0.25) is 4.79 Å². The van der Waals surface area contributed by atoms with Crippen LogP contribution < -0.4 is 5.32 Å². The highest BCUT2D eigenvalue weighted by molar-refractivity contribution is 6.56. The molecule has 0 aromatic heterocycles. The van der Waals surface area contributed by atoms with Crippen LogP contribution in [0, 0.1) is 0 Å². The first kappa shape index (κ1) is 17.7. The average Bonchev–Trinajstić information content (AvgIpc) is 2.68. The number of benzene rings is 1. The normalized spacial score (nSPS) is 19.9. The summed E-state index contributed by atoms with van der Waals surface area (Å²) in [6.07, 6.45) is 2.61. The van der Waals surface area contributed by atoms with Crippen molar-refractivity contribution in [1.82, 2.24) is 5.32 Å². The van der Waals surface area contributed by atoms with Gasteiger partial charge in [0.2, 0.25) is 0 Å². The first-order valence-electron chi connectivity index (χ1n) is 7.69. The molecule has 1 aromatic carbocycles. The lowest BCUT2D eigenvalue weighted by Crippen LogP contribution is -2.41. The molecule has 0 bridgehead atoms. The fourth-order valence-electron chi connectivity index (χ4n) is 2.40. The van der Waals surface area contributed by atoms with Crippen LogP contribution in [-0.4, -0.2) is 43.3 Å². The predicted octanol–water partition coefficient (Wildman–Crippen LogP) is 2.44. The Morgan fingerprint density at radius 3 is 2.35 bits per heavy atom. The van der Waals surface area contributed by atoms with E-state index in [1.165, 1.54) is 6.07 Å². The van der Waals surface area contributed by atoms with Gasteiger partial charge in [-0.1, -0.05) is 12.1 Å². The molecule has 1 fully saturated rings. The minimum absolute atomic E-state index is 0.0649. The lowest BCUT2D eigenvalue weighted by Gasteiger charge is -2.32. The fourth-order valence-corrected chi connectivity index (χ4v) is 2.40. The van der Waals surface area contributed by atoms with Crippen LogP contribution >= 0.6 is 0 Å². The smallest absolute Gasteiger partial charge is 0.491 e. The van der Waals surface area contributed by atoms with Crippen molar-refractivity contribution in [2.45, 2.75) is 38.9 Å². The summed E-state index contributed by atoms with van der Waals surface area (Å²) in [5.41, 5.74) is 1.19. The molecule has 1 aliphatic heterocycles. The van der Waals surface area contributed by atoms with Crippen LogP contribution in [0.25, 0.3) is 6.08 Å². The number of phenols is 1. The van der Waals surface area contributed by atoms with Gasteiger partial charge in [0.25, 0.3) is 0 Å². The fraction of sp³-hybridized carbons (Fsp3) is 0.471. The summed E-state index contributed by atoms with van der Waals surface area (Å²) >= 11 is 0. The van der Waals surface area contributed by atoms with E-state index in [1.807, 2.05) is 40.8 Å². The van der Waals surface area contributed by atoms with Gasteiger partial charge in [0, 0.05) is 12.1 Å². The maximum Gasteiger partial charge on any atom is 0.491 e. The number of carbonyl (C=O) groups is 1. The number of aldehydes is 1. The highest BCUT2D eigenvalue weighted by Gasteiger charge is 2.52. The number of aromatic hydroxyl groups is 1. The largest absolute Gasteiger partial charge is 0.508 e. The molecule has 0 amide bonds. The molecule has 6 heteroatoms. The Morgan fingerprint density at radius 1 is 1.22 bits per heavy atom. The van der Waals surface area contributed by atoms with E-state index in [1.54, 1.807) is 12.1 Å². The maximum absolute atomic E-state index is 11.2. The van der Waals surface area contributed by atoms with Crippen LogP contribution in [0.3, 0.4) is 0 Å². The Labute approximate surface area is 137 Å². The molecule has 0 spiro atoms. The monoisotopic (exact) mass is 317 g/mol. The second kappa shape index (κ2) is 6.47. The maximum atomic E-state index is 11.2. The molecule has 2 N–H and O–H groups in total. The van der Waals surface area contributed by atoms with E-state index < -0.39 is 18.3 Å². The minimum Gasteiger partial charge on any atom is -0.508 e. The standard InChI is InChI=1S/C17H24BNO4/c1-16(2)17(3,4)23-18(22-16)14(10-19-5)8-12-6-7-15(21)9-13(12)11-20/h6-9,11,19,21H,10H2,1-5H3.